The Hall–Kier alpha value is -1.78. The van der Waals surface area contributed by atoms with Gasteiger partial charge in [-0.25, -0.2) is 9.98 Å². The number of aryl methyl sites for hydroxylation is 2. The maximum Gasteiger partial charge on any atom is 0.416 e. The number of oxazole rings is 1. The van der Waals surface area contributed by atoms with E-state index in [1.54, 1.807) is 0 Å². The van der Waals surface area contributed by atoms with Gasteiger partial charge >= 0.3 is 6.18 Å². The van der Waals surface area contributed by atoms with Crippen LogP contribution >= 0.6 is 24.0 Å². The zero-order valence-corrected chi connectivity index (χ0v) is 17.1. The van der Waals surface area contributed by atoms with Crippen LogP contribution in [0.3, 0.4) is 0 Å². The number of nitrogens with zero attached hydrogens (tertiary/aromatic N) is 2. The van der Waals surface area contributed by atoms with E-state index < -0.39 is 11.7 Å². The molecular formula is C17H22F3IN4O. The van der Waals surface area contributed by atoms with Gasteiger partial charge in [-0.1, -0.05) is 12.1 Å². The van der Waals surface area contributed by atoms with Gasteiger partial charge in [-0.05, 0) is 38.5 Å². The number of aromatic nitrogens is 1. The molecule has 26 heavy (non-hydrogen) atoms. The van der Waals surface area contributed by atoms with Crippen molar-refractivity contribution in [1.82, 2.24) is 15.6 Å². The third-order valence-corrected chi connectivity index (χ3v) is 3.53. The van der Waals surface area contributed by atoms with Crippen LogP contribution in [-0.4, -0.2) is 17.5 Å². The standard InChI is InChI=1S/C17H21F3N4O.HI/c1-4-21-16(23-10-15-24-11(2)12(3)25-15)22-9-13-5-7-14(8-6-13)17(18,19)20;/h5-8H,4,9-10H2,1-3H3,(H2,21,22,23);1H. The molecule has 0 amide bonds. The van der Waals surface area contributed by atoms with Crippen molar-refractivity contribution in [1.29, 1.82) is 0 Å². The van der Waals surface area contributed by atoms with Crippen molar-refractivity contribution in [2.24, 2.45) is 4.99 Å². The van der Waals surface area contributed by atoms with Gasteiger partial charge in [-0.2, -0.15) is 13.2 Å². The molecule has 2 aromatic rings. The van der Waals surface area contributed by atoms with Crippen LogP contribution < -0.4 is 10.6 Å². The average molecular weight is 482 g/mol. The van der Waals surface area contributed by atoms with Crippen molar-refractivity contribution in [2.75, 3.05) is 6.54 Å². The molecule has 0 radical (unpaired) electrons. The van der Waals surface area contributed by atoms with Crippen LogP contribution in [0.25, 0.3) is 0 Å². The van der Waals surface area contributed by atoms with Gasteiger partial charge in [0.1, 0.15) is 5.76 Å². The predicted molar refractivity (Wildman–Crippen MR) is 104 cm³/mol. The van der Waals surface area contributed by atoms with E-state index in [-0.39, 0.29) is 30.5 Å². The minimum Gasteiger partial charge on any atom is -0.444 e. The summed E-state index contributed by atoms with van der Waals surface area (Å²) < 4.78 is 43.2. The minimum atomic E-state index is -4.33. The second kappa shape index (κ2) is 9.79. The number of nitrogens with one attached hydrogen (secondary N) is 2. The number of halogens is 4. The second-order valence-corrected chi connectivity index (χ2v) is 5.49. The SMILES string of the molecule is CCNC(=NCc1ccc(C(F)(F)F)cc1)NCc1nc(C)c(C)o1.I. The van der Waals surface area contributed by atoms with Crippen molar-refractivity contribution in [3.63, 3.8) is 0 Å². The van der Waals surface area contributed by atoms with Crippen LogP contribution in [0, 0.1) is 13.8 Å². The molecule has 0 spiro atoms. The van der Waals surface area contributed by atoms with Crippen molar-refractivity contribution >= 4 is 29.9 Å². The molecule has 0 aliphatic carbocycles. The summed E-state index contributed by atoms with van der Waals surface area (Å²) in [6.45, 7) is 6.92. The van der Waals surface area contributed by atoms with E-state index >= 15 is 0 Å². The Balaban J connectivity index is 0.00000338. The topological polar surface area (TPSA) is 62.5 Å². The summed E-state index contributed by atoms with van der Waals surface area (Å²) in [5, 5.41) is 6.16. The lowest BCUT2D eigenvalue weighted by atomic mass is 10.1. The van der Waals surface area contributed by atoms with Crippen molar-refractivity contribution in [2.45, 2.75) is 40.0 Å². The van der Waals surface area contributed by atoms with E-state index in [1.807, 2.05) is 20.8 Å². The quantitative estimate of drug-likeness (QED) is 0.382. The van der Waals surface area contributed by atoms with Crippen LogP contribution in [0.15, 0.2) is 33.7 Å². The van der Waals surface area contributed by atoms with Gasteiger partial charge < -0.3 is 15.1 Å². The first kappa shape index (κ1) is 22.3. The highest BCUT2D eigenvalue weighted by Crippen LogP contribution is 2.29. The van der Waals surface area contributed by atoms with E-state index in [0.29, 0.717) is 30.5 Å². The third-order valence-electron chi connectivity index (χ3n) is 3.53. The van der Waals surface area contributed by atoms with Crippen LogP contribution in [0.4, 0.5) is 13.2 Å². The Morgan fingerprint density at radius 2 is 1.81 bits per heavy atom. The minimum absolute atomic E-state index is 0. The smallest absolute Gasteiger partial charge is 0.416 e. The van der Waals surface area contributed by atoms with E-state index in [9.17, 15) is 13.2 Å². The summed E-state index contributed by atoms with van der Waals surface area (Å²) >= 11 is 0. The van der Waals surface area contributed by atoms with Gasteiger partial charge in [0, 0.05) is 6.54 Å². The maximum absolute atomic E-state index is 12.6. The van der Waals surface area contributed by atoms with Gasteiger partial charge in [0.25, 0.3) is 0 Å². The summed E-state index contributed by atoms with van der Waals surface area (Å²) in [4.78, 5) is 8.64. The molecule has 2 N–H and O–H groups in total. The highest BCUT2D eigenvalue weighted by molar-refractivity contribution is 14.0. The molecule has 144 valence electrons. The van der Waals surface area contributed by atoms with Gasteiger partial charge in [0.05, 0.1) is 24.3 Å². The summed E-state index contributed by atoms with van der Waals surface area (Å²) in [5.74, 6) is 1.86. The second-order valence-electron chi connectivity index (χ2n) is 5.49. The fourth-order valence-corrected chi connectivity index (χ4v) is 2.09. The molecule has 1 heterocycles. The lowest BCUT2D eigenvalue weighted by molar-refractivity contribution is -0.137. The number of guanidine groups is 1. The molecule has 0 bridgehead atoms. The first-order valence-electron chi connectivity index (χ1n) is 7.90. The first-order valence-corrected chi connectivity index (χ1v) is 7.90. The Morgan fingerprint density at radius 1 is 1.15 bits per heavy atom. The van der Waals surface area contributed by atoms with Crippen molar-refractivity contribution < 1.29 is 17.6 Å². The van der Waals surface area contributed by atoms with Crippen molar-refractivity contribution in [3.05, 3.63) is 52.7 Å². The molecule has 0 unspecified atom stereocenters. The lowest BCUT2D eigenvalue weighted by Crippen LogP contribution is -2.36. The third kappa shape index (κ3) is 6.50. The van der Waals surface area contributed by atoms with E-state index in [0.717, 1.165) is 23.6 Å². The summed E-state index contributed by atoms with van der Waals surface area (Å²) in [6.07, 6.45) is -4.33. The predicted octanol–water partition coefficient (Wildman–Crippen LogP) is 4.18. The maximum atomic E-state index is 12.6. The summed E-state index contributed by atoms with van der Waals surface area (Å²) in [5.41, 5.74) is 0.858. The van der Waals surface area contributed by atoms with Crippen LogP contribution in [0.5, 0.6) is 0 Å². The molecular weight excluding hydrogens is 460 g/mol. The highest BCUT2D eigenvalue weighted by atomic mass is 127. The average Bonchev–Trinajstić information content (AvgIpc) is 2.88. The fraction of sp³-hybridized carbons (Fsp3) is 0.412. The molecule has 0 aliphatic rings. The number of hydrogen-bond acceptors (Lipinski definition) is 3. The Morgan fingerprint density at radius 3 is 2.31 bits per heavy atom. The number of hydrogen-bond donors (Lipinski definition) is 2. The summed E-state index contributed by atoms with van der Waals surface area (Å²) in [6, 6.07) is 4.97. The van der Waals surface area contributed by atoms with E-state index in [2.05, 4.69) is 20.6 Å². The molecule has 1 aromatic heterocycles. The zero-order chi connectivity index (χ0) is 18.4. The Kier molecular flexibility index (Phi) is 8.38. The molecule has 0 aliphatic heterocycles. The van der Waals surface area contributed by atoms with Crippen molar-refractivity contribution in [3.8, 4) is 0 Å². The molecule has 9 heteroatoms. The van der Waals surface area contributed by atoms with Crippen LogP contribution in [-0.2, 0) is 19.3 Å². The number of benzene rings is 1. The van der Waals surface area contributed by atoms with Gasteiger partial charge in [0.15, 0.2) is 5.96 Å². The van der Waals surface area contributed by atoms with Crippen LogP contribution in [0.2, 0.25) is 0 Å². The highest BCUT2D eigenvalue weighted by Gasteiger charge is 2.29. The Bertz CT molecular complexity index is 707. The van der Waals surface area contributed by atoms with Gasteiger partial charge in [-0.15, -0.1) is 24.0 Å². The van der Waals surface area contributed by atoms with Gasteiger partial charge in [0.2, 0.25) is 5.89 Å². The largest absolute Gasteiger partial charge is 0.444 e. The number of rotatable bonds is 5. The molecule has 0 saturated heterocycles. The normalized spacial score (nSPS) is 11.8. The molecule has 1 aromatic carbocycles. The number of aliphatic imine (C=N–C) groups is 1. The molecule has 5 nitrogen and oxygen atoms in total. The fourth-order valence-electron chi connectivity index (χ4n) is 2.09. The monoisotopic (exact) mass is 482 g/mol. The zero-order valence-electron chi connectivity index (χ0n) is 14.8. The number of alkyl halides is 3. The Labute approximate surface area is 167 Å². The lowest BCUT2D eigenvalue weighted by Gasteiger charge is -2.10. The van der Waals surface area contributed by atoms with E-state index in [1.165, 1.54) is 12.1 Å². The molecule has 0 fully saturated rings. The first-order chi connectivity index (χ1) is 11.8. The molecule has 0 atom stereocenters. The van der Waals surface area contributed by atoms with E-state index in [4.69, 9.17) is 4.42 Å². The molecule has 0 saturated carbocycles. The molecule has 2 rings (SSSR count). The van der Waals surface area contributed by atoms with Crippen LogP contribution in [0.1, 0.15) is 35.4 Å². The summed E-state index contributed by atoms with van der Waals surface area (Å²) in [7, 11) is 0. The van der Waals surface area contributed by atoms with Gasteiger partial charge in [-0.3, -0.25) is 0 Å².